The molecule has 0 saturated carbocycles. The Balaban J connectivity index is 1.80. The van der Waals surface area contributed by atoms with E-state index < -0.39 is 0 Å². The van der Waals surface area contributed by atoms with E-state index in [0.717, 1.165) is 21.4 Å². The maximum atomic E-state index is 12.6. The molecule has 3 rings (SSSR count). The molecule has 3 aromatic rings. The van der Waals surface area contributed by atoms with Gasteiger partial charge in [0.1, 0.15) is 5.69 Å². The largest absolute Gasteiger partial charge is 0.321 e. The van der Waals surface area contributed by atoms with Crippen molar-refractivity contribution in [2.45, 2.75) is 33.9 Å². The fourth-order valence-electron chi connectivity index (χ4n) is 2.77. The van der Waals surface area contributed by atoms with Gasteiger partial charge in [-0.3, -0.25) is 14.2 Å². The molecule has 0 bridgehead atoms. The molecule has 6 nitrogen and oxygen atoms in total. The minimum atomic E-state index is -0.277. The minimum absolute atomic E-state index is 0.277. The number of nitrogens with zero attached hydrogens (tertiary/aromatic N) is 4. The van der Waals surface area contributed by atoms with E-state index >= 15 is 0 Å². The maximum Gasteiger partial charge on any atom is 0.275 e. The second kappa shape index (κ2) is 7.63. The van der Waals surface area contributed by atoms with Gasteiger partial charge in [-0.2, -0.15) is 10.2 Å². The van der Waals surface area contributed by atoms with Gasteiger partial charge in [-0.25, -0.2) is 0 Å². The number of aromatic nitrogens is 4. The monoisotopic (exact) mass is 435 g/mol. The molecule has 0 aliphatic rings. The van der Waals surface area contributed by atoms with Crippen LogP contribution in [0.4, 0.5) is 5.69 Å². The molecule has 2 aromatic heterocycles. The van der Waals surface area contributed by atoms with Gasteiger partial charge in [0.05, 0.1) is 33.6 Å². The molecule has 0 aliphatic carbocycles. The highest BCUT2D eigenvalue weighted by molar-refractivity contribution is 9.10. The average molecular weight is 437 g/mol. The van der Waals surface area contributed by atoms with Crippen LogP contribution in [0.15, 0.2) is 34.9 Å². The number of halogens is 2. The zero-order valence-electron chi connectivity index (χ0n) is 14.8. The smallest absolute Gasteiger partial charge is 0.275 e. The molecular weight excluding hydrogens is 418 g/mol. The van der Waals surface area contributed by atoms with Gasteiger partial charge in [-0.05, 0) is 54.4 Å². The zero-order chi connectivity index (χ0) is 18.8. The van der Waals surface area contributed by atoms with E-state index in [0.29, 0.717) is 29.5 Å². The van der Waals surface area contributed by atoms with Gasteiger partial charge in [0.2, 0.25) is 0 Å². The molecule has 0 atom stereocenters. The van der Waals surface area contributed by atoms with Gasteiger partial charge in [-0.1, -0.05) is 23.7 Å². The van der Waals surface area contributed by atoms with Crippen LogP contribution >= 0.6 is 27.5 Å². The van der Waals surface area contributed by atoms with E-state index in [1.165, 1.54) is 6.20 Å². The van der Waals surface area contributed by atoms with E-state index in [4.69, 9.17) is 11.6 Å². The van der Waals surface area contributed by atoms with E-state index in [9.17, 15) is 4.79 Å². The van der Waals surface area contributed by atoms with E-state index in [2.05, 4.69) is 31.4 Å². The number of carbonyl (C=O) groups is 1. The lowest BCUT2D eigenvalue weighted by molar-refractivity contribution is 0.101. The number of rotatable bonds is 5. The van der Waals surface area contributed by atoms with Crippen LogP contribution in [-0.2, 0) is 13.1 Å². The maximum absolute atomic E-state index is 12.6. The Morgan fingerprint density at radius 2 is 2.08 bits per heavy atom. The predicted molar refractivity (Wildman–Crippen MR) is 106 cm³/mol. The number of anilines is 1. The summed E-state index contributed by atoms with van der Waals surface area (Å²) in [5, 5.41) is 11.9. The van der Waals surface area contributed by atoms with Gasteiger partial charge in [0.15, 0.2) is 0 Å². The van der Waals surface area contributed by atoms with Crippen molar-refractivity contribution in [1.82, 2.24) is 19.6 Å². The summed E-state index contributed by atoms with van der Waals surface area (Å²) in [5.74, 6) is -0.277. The van der Waals surface area contributed by atoms with Crippen molar-refractivity contribution >= 4 is 39.1 Å². The summed E-state index contributed by atoms with van der Waals surface area (Å²) < 4.78 is 4.53. The molecule has 0 spiro atoms. The molecule has 0 radical (unpaired) electrons. The highest BCUT2D eigenvalue weighted by Gasteiger charge is 2.17. The number of hydrogen-bond acceptors (Lipinski definition) is 3. The van der Waals surface area contributed by atoms with Crippen LogP contribution in [0.1, 0.15) is 34.4 Å². The Labute approximate surface area is 165 Å². The van der Waals surface area contributed by atoms with E-state index in [1.807, 2.05) is 49.7 Å². The Kier molecular flexibility index (Phi) is 5.48. The standard InChI is InChI=1S/C18H19BrClN5O/c1-4-24-17(15(20)9-21-24)18(26)22-14-7-5-6-13(8-14)10-25-12(3)16(19)11(2)23-25/h5-9H,4,10H2,1-3H3,(H,22,26). The molecule has 0 unspecified atom stereocenters. The number of hydrogen-bond donors (Lipinski definition) is 1. The fourth-order valence-corrected chi connectivity index (χ4v) is 3.28. The molecule has 26 heavy (non-hydrogen) atoms. The first-order valence-corrected chi connectivity index (χ1v) is 9.39. The fraction of sp³-hybridized carbons (Fsp3) is 0.278. The summed E-state index contributed by atoms with van der Waals surface area (Å²) in [7, 11) is 0. The molecule has 0 aliphatic heterocycles. The van der Waals surface area contributed by atoms with Gasteiger partial charge in [0.25, 0.3) is 5.91 Å². The van der Waals surface area contributed by atoms with Crippen molar-refractivity contribution in [3.8, 4) is 0 Å². The first kappa shape index (κ1) is 18.7. The third kappa shape index (κ3) is 3.68. The summed E-state index contributed by atoms with van der Waals surface area (Å²) >= 11 is 9.64. The first-order valence-electron chi connectivity index (χ1n) is 8.21. The first-order chi connectivity index (χ1) is 12.4. The van der Waals surface area contributed by atoms with Crippen molar-refractivity contribution in [1.29, 1.82) is 0 Å². The molecule has 1 N–H and O–H groups in total. The Morgan fingerprint density at radius 1 is 1.31 bits per heavy atom. The molecule has 0 saturated heterocycles. The quantitative estimate of drug-likeness (QED) is 0.643. The Morgan fingerprint density at radius 3 is 2.73 bits per heavy atom. The lowest BCUT2D eigenvalue weighted by Crippen LogP contribution is -2.18. The van der Waals surface area contributed by atoms with Crippen molar-refractivity contribution in [3.63, 3.8) is 0 Å². The lowest BCUT2D eigenvalue weighted by Gasteiger charge is -2.10. The van der Waals surface area contributed by atoms with Crippen LogP contribution in [0.3, 0.4) is 0 Å². The number of benzene rings is 1. The van der Waals surface area contributed by atoms with Crippen LogP contribution in [0.5, 0.6) is 0 Å². The Bertz CT molecular complexity index is 963. The van der Waals surface area contributed by atoms with Crippen LogP contribution in [-0.4, -0.2) is 25.5 Å². The second-order valence-corrected chi connectivity index (χ2v) is 7.15. The molecule has 0 fully saturated rings. The third-order valence-electron chi connectivity index (χ3n) is 4.12. The minimum Gasteiger partial charge on any atom is -0.321 e. The molecule has 8 heteroatoms. The van der Waals surface area contributed by atoms with Crippen LogP contribution in [0.25, 0.3) is 0 Å². The van der Waals surface area contributed by atoms with Gasteiger partial charge >= 0.3 is 0 Å². The lowest BCUT2D eigenvalue weighted by atomic mass is 10.2. The topological polar surface area (TPSA) is 64.7 Å². The summed E-state index contributed by atoms with van der Waals surface area (Å²) in [4.78, 5) is 12.6. The normalized spacial score (nSPS) is 11.0. The van der Waals surface area contributed by atoms with Crippen molar-refractivity contribution in [2.75, 3.05) is 5.32 Å². The van der Waals surface area contributed by atoms with E-state index in [-0.39, 0.29) is 5.91 Å². The van der Waals surface area contributed by atoms with Gasteiger partial charge in [0, 0.05) is 12.2 Å². The molecule has 2 heterocycles. The van der Waals surface area contributed by atoms with Crippen LogP contribution < -0.4 is 5.32 Å². The van der Waals surface area contributed by atoms with E-state index in [1.54, 1.807) is 4.68 Å². The highest BCUT2D eigenvalue weighted by atomic mass is 79.9. The molecule has 1 aromatic carbocycles. The SMILES string of the molecule is CCn1ncc(Cl)c1C(=O)Nc1cccc(Cn2nc(C)c(Br)c2C)c1. The second-order valence-electron chi connectivity index (χ2n) is 5.95. The number of carbonyl (C=O) groups excluding carboxylic acids is 1. The average Bonchev–Trinajstić information content (AvgIpc) is 3.10. The zero-order valence-corrected chi connectivity index (χ0v) is 17.1. The third-order valence-corrected chi connectivity index (χ3v) is 5.54. The van der Waals surface area contributed by atoms with Crippen LogP contribution in [0, 0.1) is 13.8 Å². The van der Waals surface area contributed by atoms with Crippen molar-refractivity contribution in [2.24, 2.45) is 0 Å². The van der Waals surface area contributed by atoms with Gasteiger partial charge < -0.3 is 5.32 Å². The highest BCUT2D eigenvalue weighted by Crippen LogP contribution is 2.22. The molecule has 136 valence electrons. The Hall–Kier alpha value is -2.12. The summed E-state index contributed by atoms with van der Waals surface area (Å²) in [6.45, 7) is 7.08. The summed E-state index contributed by atoms with van der Waals surface area (Å²) in [5.41, 5.74) is 4.12. The summed E-state index contributed by atoms with van der Waals surface area (Å²) in [6, 6.07) is 7.69. The van der Waals surface area contributed by atoms with Gasteiger partial charge in [-0.15, -0.1) is 0 Å². The predicted octanol–water partition coefficient (Wildman–Crippen LogP) is 4.43. The van der Waals surface area contributed by atoms with Crippen molar-refractivity contribution < 1.29 is 4.79 Å². The summed E-state index contributed by atoms with van der Waals surface area (Å²) in [6.07, 6.45) is 1.48. The van der Waals surface area contributed by atoms with Crippen LogP contribution in [0.2, 0.25) is 5.02 Å². The molecule has 1 amide bonds. The number of nitrogens with one attached hydrogen (secondary N) is 1. The molecular formula is C18H19BrClN5O. The number of aryl methyl sites for hydroxylation is 2. The number of amides is 1. The van der Waals surface area contributed by atoms with Crippen molar-refractivity contribution in [3.05, 3.63) is 62.6 Å².